The van der Waals surface area contributed by atoms with Crippen LogP contribution in [0.3, 0.4) is 0 Å². The number of carbonyl (C=O) groups is 2. The molecule has 0 radical (unpaired) electrons. The summed E-state index contributed by atoms with van der Waals surface area (Å²) in [5, 5.41) is 4.00. The minimum Gasteiger partial charge on any atom is -0.313 e. The SMILES string of the molecule is C[C@]12CCC3C(CC[C@H]4CCCC[C@]34C)C1CC[C@@H]2NCCCCCCN1C(=O)C=CC1=O. The summed E-state index contributed by atoms with van der Waals surface area (Å²) < 4.78 is 0. The molecule has 4 nitrogen and oxygen atoms in total. The second kappa shape index (κ2) is 9.47. The quantitative estimate of drug-likeness (QED) is 0.369. The normalized spacial score (nSPS) is 42.4. The first kappa shape index (κ1) is 23.6. The van der Waals surface area contributed by atoms with Gasteiger partial charge in [-0.2, -0.15) is 0 Å². The van der Waals surface area contributed by atoms with E-state index in [2.05, 4.69) is 19.2 Å². The summed E-state index contributed by atoms with van der Waals surface area (Å²) in [4.78, 5) is 24.6. The Morgan fingerprint density at radius 1 is 0.818 bits per heavy atom. The van der Waals surface area contributed by atoms with Crippen molar-refractivity contribution < 1.29 is 9.59 Å². The second-order valence-corrected chi connectivity index (χ2v) is 12.6. The number of fused-ring (bicyclic) bond motifs is 5. The van der Waals surface area contributed by atoms with Gasteiger partial charge in [-0.05, 0) is 105 Å². The molecule has 0 saturated heterocycles. The highest BCUT2D eigenvalue weighted by atomic mass is 16.2. The molecule has 0 aromatic carbocycles. The zero-order chi connectivity index (χ0) is 23.1. The minimum atomic E-state index is -0.147. The molecule has 184 valence electrons. The first-order valence-corrected chi connectivity index (χ1v) is 14.2. The molecule has 3 unspecified atom stereocenters. The molecule has 1 N–H and O–H groups in total. The molecule has 5 aliphatic rings. The van der Waals surface area contributed by atoms with Crippen molar-refractivity contribution in [2.24, 2.45) is 34.5 Å². The molecule has 5 rings (SSSR count). The Balaban J connectivity index is 1.07. The van der Waals surface area contributed by atoms with Crippen molar-refractivity contribution in [1.82, 2.24) is 10.2 Å². The van der Waals surface area contributed by atoms with Crippen molar-refractivity contribution in [2.75, 3.05) is 13.1 Å². The van der Waals surface area contributed by atoms with Crippen molar-refractivity contribution in [3.8, 4) is 0 Å². The topological polar surface area (TPSA) is 49.4 Å². The molecule has 4 aliphatic carbocycles. The monoisotopic (exact) mass is 454 g/mol. The lowest BCUT2D eigenvalue weighted by molar-refractivity contribution is -0.136. The number of amides is 2. The maximum absolute atomic E-state index is 11.6. The molecule has 0 spiro atoms. The number of hydrogen-bond donors (Lipinski definition) is 1. The van der Waals surface area contributed by atoms with Crippen LogP contribution in [0.1, 0.15) is 104 Å². The zero-order valence-corrected chi connectivity index (χ0v) is 21.1. The van der Waals surface area contributed by atoms with Gasteiger partial charge >= 0.3 is 0 Å². The molecule has 1 aliphatic heterocycles. The summed E-state index contributed by atoms with van der Waals surface area (Å²) >= 11 is 0. The molecular weight excluding hydrogens is 408 g/mol. The third-order valence-corrected chi connectivity index (χ3v) is 11.2. The summed E-state index contributed by atoms with van der Waals surface area (Å²) in [6.45, 7) is 7.01. The van der Waals surface area contributed by atoms with Crippen LogP contribution in [0.15, 0.2) is 12.2 Å². The van der Waals surface area contributed by atoms with Crippen LogP contribution in [0.4, 0.5) is 0 Å². The standard InChI is InChI=1S/C29H46N2O2/c1-28-17-6-5-9-21(28)10-11-22-23-12-13-25(29(23,2)18-16-24(22)28)30-19-7-3-4-8-20-31-26(32)14-15-27(31)33/h14-15,21-25,30H,3-13,16-20H2,1-2H3/t21-,22?,23?,24?,25+,28+,29+/m1/s1. The molecule has 4 heteroatoms. The van der Waals surface area contributed by atoms with E-state index in [0.29, 0.717) is 23.4 Å². The van der Waals surface area contributed by atoms with Gasteiger partial charge in [-0.25, -0.2) is 0 Å². The van der Waals surface area contributed by atoms with E-state index in [1.165, 1.54) is 94.1 Å². The van der Waals surface area contributed by atoms with Gasteiger partial charge in [-0.1, -0.05) is 39.5 Å². The number of hydrogen-bond acceptors (Lipinski definition) is 3. The number of nitrogens with zero attached hydrogens (tertiary/aromatic N) is 1. The summed E-state index contributed by atoms with van der Waals surface area (Å²) in [6.07, 6.45) is 21.9. The van der Waals surface area contributed by atoms with Crippen LogP contribution in [-0.2, 0) is 9.59 Å². The number of nitrogens with one attached hydrogen (secondary N) is 1. The molecule has 0 aromatic heterocycles. The summed E-state index contributed by atoms with van der Waals surface area (Å²) in [5.74, 6) is 3.65. The Morgan fingerprint density at radius 2 is 1.58 bits per heavy atom. The van der Waals surface area contributed by atoms with Crippen molar-refractivity contribution in [2.45, 2.75) is 110 Å². The molecule has 0 bridgehead atoms. The average molecular weight is 455 g/mol. The maximum Gasteiger partial charge on any atom is 0.253 e. The van der Waals surface area contributed by atoms with E-state index in [-0.39, 0.29) is 11.8 Å². The third kappa shape index (κ3) is 4.23. The van der Waals surface area contributed by atoms with Crippen molar-refractivity contribution in [1.29, 1.82) is 0 Å². The van der Waals surface area contributed by atoms with Crippen molar-refractivity contribution >= 4 is 11.8 Å². The Morgan fingerprint density at radius 3 is 2.39 bits per heavy atom. The fourth-order valence-electron chi connectivity index (χ4n) is 9.31. The Labute approximate surface area is 201 Å². The Bertz CT molecular complexity index is 760. The molecule has 1 heterocycles. The maximum atomic E-state index is 11.6. The van der Waals surface area contributed by atoms with Gasteiger partial charge in [0.05, 0.1) is 0 Å². The van der Waals surface area contributed by atoms with E-state index >= 15 is 0 Å². The van der Waals surface area contributed by atoms with Crippen LogP contribution in [0.2, 0.25) is 0 Å². The van der Waals surface area contributed by atoms with Crippen molar-refractivity contribution in [3.63, 3.8) is 0 Å². The van der Waals surface area contributed by atoms with Gasteiger partial charge in [0.2, 0.25) is 0 Å². The Hall–Kier alpha value is -1.16. The zero-order valence-electron chi connectivity index (χ0n) is 21.1. The second-order valence-electron chi connectivity index (χ2n) is 12.6. The highest BCUT2D eigenvalue weighted by Gasteiger charge is 2.59. The van der Waals surface area contributed by atoms with Gasteiger partial charge in [-0.3, -0.25) is 14.5 Å². The van der Waals surface area contributed by atoms with Crippen molar-refractivity contribution in [3.05, 3.63) is 12.2 Å². The molecule has 4 fully saturated rings. The van der Waals surface area contributed by atoms with Crippen LogP contribution >= 0.6 is 0 Å². The van der Waals surface area contributed by atoms with E-state index < -0.39 is 0 Å². The number of unbranched alkanes of at least 4 members (excludes halogenated alkanes) is 3. The van der Waals surface area contributed by atoms with Gasteiger partial charge < -0.3 is 5.32 Å². The molecule has 2 amide bonds. The average Bonchev–Trinajstić information content (AvgIpc) is 3.31. The number of rotatable bonds is 8. The number of imide groups is 1. The summed E-state index contributed by atoms with van der Waals surface area (Å²) in [7, 11) is 0. The fraction of sp³-hybridized carbons (Fsp3) is 0.862. The van der Waals surface area contributed by atoms with Crippen LogP contribution in [0, 0.1) is 34.5 Å². The predicted molar refractivity (Wildman–Crippen MR) is 132 cm³/mol. The summed E-state index contributed by atoms with van der Waals surface area (Å²) in [5.41, 5.74) is 1.15. The first-order chi connectivity index (χ1) is 15.9. The molecule has 7 atom stereocenters. The van der Waals surface area contributed by atoms with Crippen LogP contribution in [-0.4, -0.2) is 35.8 Å². The largest absolute Gasteiger partial charge is 0.313 e. The van der Waals surface area contributed by atoms with E-state index in [9.17, 15) is 9.59 Å². The van der Waals surface area contributed by atoms with E-state index in [1.54, 1.807) is 0 Å². The van der Waals surface area contributed by atoms with Gasteiger partial charge in [0.15, 0.2) is 0 Å². The van der Waals surface area contributed by atoms with E-state index in [4.69, 9.17) is 0 Å². The third-order valence-electron chi connectivity index (χ3n) is 11.2. The molecular formula is C29H46N2O2. The molecule has 33 heavy (non-hydrogen) atoms. The predicted octanol–water partition coefficient (Wildman–Crippen LogP) is 5.86. The molecule has 4 saturated carbocycles. The summed E-state index contributed by atoms with van der Waals surface area (Å²) in [6, 6.07) is 0.700. The van der Waals surface area contributed by atoms with E-state index in [0.717, 1.165) is 43.1 Å². The molecule has 0 aromatic rings. The van der Waals surface area contributed by atoms with Gasteiger partial charge in [0.1, 0.15) is 0 Å². The fourth-order valence-corrected chi connectivity index (χ4v) is 9.31. The lowest BCUT2D eigenvalue weighted by Crippen LogP contribution is -2.55. The lowest BCUT2D eigenvalue weighted by Gasteiger charge is -2.60. The highest BCUT2D eigenvalue weighted by molar-refractivity contribution is 6.12. The first-order valence-electron chi connectivity index (χ1n) is 14.2. The van der Waals surface area contributed by atoms with Gasteiger partial charge in [0.25, 0.3) is 11.8 Å². The van der Waals surface area contributed by atoms with Gasteiger partial charge in [0, 0.05) is 24.7 Å². The smallest absolute Gasteiger partial charge is 0.253 e. The Kier molecular flexibility index (Phi) is 6.77. The van der Waals surface area contributed by atoms with Crippen LogP contribution in [0.5, 0.6) is 0 Å². The number of carbonyl (C=O) groups excluding carboxylic acids is 2. The van der Waals surface area contributed by atoms with E-state index in [1.807, 2.05) is 0 Å². The van der Waals surface area contributed by atoms with Crippen LogP contribution in [0.25, 0.3) is 0 Å². The van der Waals surface area contributed by atoms with Crippen LogP contribution < -0.4 is 5.32 Å². The lowest BCUT2D eigenvalue weighted by atomic mass is 9.45. The van der Waals surface area contributed by atoms with Gasteiger partial charge in [-0.15, -0.1) is 0 Å². The minimum absolute atomic E-state index is 0.147. The highest BCUT2D eigenvalue weighted by Crippen LogP contribution is 2.66.